The number of hydrogen-bond donors (Lipinski definition) is 2. The summed E-state index contributed by atoms with van der Waals surface area (Å²) in [6, 6.07) is 0.221. The Labute approximate surface area is 115 Å². The van der Waals surface area contributed by atoms with Crippen LogP contribution >= 0.6 is 0 Å². The van der Waals surface area contributed by atoms with E-state index in [-0.39, 0.29) is 18.4 Å². The predicted octanol–water partition coefficient (Wildman–Crippen LogP) is 0.714. The fraction of sp³-hybridized carbons (Fsp3) is 0.846. The van der Waals surface area contributed by atoms with Crippen molar-refractivity contribution in [1.29, 1.82) is 0 Å². The zero-order valence-corrected chi connectivity index (χ0v) is 12.1. The van der Waals surface area contributed by atoms with Gasteiger partial charge in [0.2, 0.25) is 5.91 Å². The van der Waals surface area contributed by atoms with E-state index in [2.05, 4.69) is 5.32 Å². The maximum Gasteiger partial charge on any atom is 0.303 e. The number of aliphatic carboxylic acids is 1. The first kappa shape index (κ1) is 17.9. The van der Waals surface area contributed by atoms with Gasteiger partial charge < -0.3 is 15.2 Å². The van der Waals surface area contributed by atoms with Gasteiger partial charge in [-0.25, -0.2) is 0 Å². The minimum absolute atomic E-state index is 0.0277. The van der Waals surface area contributed by atoms with Crippen molar-refractivity contribution in [2.75, 3.05) is 33.4 Å². The summed E-state index contributed by atoms with van der Waals surface area (Å²) in [7, 11) is 1.63. The second kappa shape index (κ2) is 10.8. The van der Waals surface area contributed by atoms with Crippen LogP contribution < -0.4 is 5.32 Å². The summed E-state index contributed by atoms with van der Waals surface area (Å²) < 4.78 is 4.90. The van der Waals surface area contributed by atoms with Crippen molar-refractivity contribution >= 4 is 11.9 Å². The molecule has 0 saturated carbocycles. The maximum absolute atomic E-state index is 11.7. The minimum atomic E-state index is -0.798. The molecular formula is C13H26N2O4. The molecule has 0 aromatic heterocycles. The molecule has 0 atom stereocenters. The highest BCUT2D eigenvalue weighted by atomic mass is 16.5. The molecule has 0 spiro atoms. The van der Waals surface area contributed by atoms with Gasteiger partial charge in [0.15, 0.2) is 0 Å². The lowest BCUT2D eigenvalue weighted by Crippen LogP contribution is -2.41. The van der Waals surface area contributed by atoms with Crippen molar-refractivity contribution in [3.8, 4) is 0 Å². The number of rotatable bonds is 11. The number of hydrogen-bond acceptors (Lipinski definition) is 4. The van der Waals surface area contributed by atoms with E-state index in [9.17, 15) is 9.59 Å². The van der Waals surface area contributed by atoms with Gasteiger partial charge >= 0.3 is 5.97 Å². The van der Waals surface area contributed by atoms with Crippen LogP contribution in [0.1, 0.15) is 33.1 Å². The number of carbonyl (C=O) groups excluding carboxylic acids is 1. The van der Waals surface area contributed by atoms with Gasteiger partial charge in [-0.05, 0) is 33.2 Å². The number of methoxy groups -OCH3 is 1. The molecule has 2 N–H and O–H groups in total. The van der Waals surface area contributed by atoms with Crippen LogP contribution in [0.4, 0.5) is 0 Å². The van der Waals surface area contributed by atoms with E-state index in [1.165, 1.54) is 0 Å². The van der Waals surface area contributed by atoms with Gasteiger partial charge in [-0.15, -0.1) is 0 Å². The van der Waals surface area contributed by atoms with E-state index in [1.54, 1.807) is 7.11 Å². The average molecular weight is 274 g/mol. The van der Waals surface area contributed by atoms with Gasteiger partial charge in [-0.3, -0.25) is 14.5 Å². The maximum atomic E-state index is 11.7. The molecule has 0 unspecified atom stereocenters. The fourth-order valence-electron chi connectivity index (χ4n) is 1.64. The fourth-order valence-corrected chi connectivity index (χ4v) is 1.64. The largest absolute Gasteiger partial charge is 0.481 e. The Morgan fingerprint density at radius 3 is 2.53 bits per heavy atom. The second-order valence-electron chi connectivity index (χ2n) is 4.76. The third-order valence-corrected chi connectivity index (χ3v) is 2.76. The Morgan fingerprint density at radius 1 is 1.32 bits per heavy atom. The van der Waals surface area contributed by atoms with E-state index >= 15 is 0 Å². The molecule has 1 amide bonds. The molecule has 6 nitrogen and oxygen atoms in total. The summed E-state index contributed by atoms with van der Waals surface area (Å²) in [4.78, 5) is 24.2. The number of nitrogens with one attached hydrogen (secondary N) is 1. The van der Waals surface area contributed by atoms with Crippen molar-refractivity contribution in [3.63, 3.8) is 0 Å². The van der Waals surface area contributed by atoms with Crippen LogP contribution in [-0.4, -0.2) is 61.3 Å². The zero-order chi connectivity index (χ0) is 14.7. The van der Waals surface area contributed by atoms with Crippen LogP contribution in [0.5, 0.6) is 0 Å². The Hall–Kier alpha value is -1.14. The lowest BCUT2D eigenvalue weighted by atomic mass is 10.2. The SMILES string of the molecule is COCCCNC(=O)CN(CCCC(=O)O)C(C)C. The Morgan fingerprint density at radius 2 is 2.00 bits per heavy atom. The van der Waals surface area contributed by atoms with E-state index in [4.69, 9.17) is 9.84 Å². The molecule has 0 saturated heterocycles. The molecule has 112 valence electrons. The quantitative estimate of drug-likeness (QED) is 0.543. The molecule has 0 aromatic rings. The molecule has 0 heterocycles. The normalized spacial score (nSPS) is 11.0. The first-order valence-corrected chi connectivity index (χ1v) is 6.68. The molecule has 0 rings (SSSR count). The summed E-state index contributed by atoms with van der Waals surface area (Å²) in [5.41, 5.74) is 0. The summed E-state index contributed by atoms with van der Waals surface area (Å²) in [6.45, 7) is 6.16. The molecule has 0 bridgehead atoms. The number of carboxylic acid groups (broad SMARTS) is 1. The standard InChI is InChI=1S/C13H26N2O4/c1-11(2)15(8-4-6-13(17)18)10-12(16)14-7-5-9-19-3/h11H,4-10H2,1-3H3,(H,14,16)(H,17,18). The van der Waals surface area contributed by atoms with Crippen LogP contribution in [0.2, 0.25) is 0 Å². The summed E-state index contributed by atoms with van der Waals surface area (Å²) >= 11 is 0. The van der Waals surface area contributed by atoms with Crippen molar-refractivity contribution in [1.82, 2.24) is 10.2 Å². The highest BCUT2D eigenvalue weighted by Crippen LogP contribution is 2.01. The highest BCUT2D eigenvalue weighted by Gasteiger charge is 2.13. The van der Waals surface area contributed by atoms with Crippen LogP contribution in [-0.2, 0) is 14.3 Å². The monoisotopic (exact) mass is 274 g/mol. The summed E-state index contributed by atoms with van der Waals surface area (Å²) in [5, 5.41) is 11.4. The van der Waals surface area contributed by atoms with Crippen LogP contribution in [0.3, 0.4) is 0 Å². The third-order valence-electron chi connectivity index (χ3n) is 2.76. The summed E-state index contributed by atoms with van der Waals surface area (Å²) in [5.74, 6) is -0.826. The van der Waals surface area contributed by atoms with Crippen LogP contribution in [0.25, 0.3) is 0 Å². The number of carbonyl (C=O) groups is 2. The Balaban J connectivity index is 3.91. The second-order valence-corrected chi connectivity index (χ2v) is 4.76. The molecule has 0 aromatic carbocycles. The lowest BCUT2D eigenvalue weighted by Gasteiger charge is -2.25. The van der Waals surface area contributed by atoms with Crippen molar-refractivity contribution in [2.24, 2.45) is 0 Å². The first-order chi connectivity index (χ1) is 8.97. The number of ether oxygens (including phenoxy) is 1. The van der Waals surface area contributed by atoms with Gasteiger partial charge in [0.05, 0.1) is 6.54 Å². The van der Waals surface area contributed by atoms with Gasteiger partial charge in [0.1, 0.15) is 0 Å². The van der Waals surface area contributed by atoms with Gasteiger partial charge in [-0.2, -0.15) is 0 Å². The first-order valence-electron chi connectivity index (χ1n) is 6.68. The van der Waals surface area contributed by atoms with Crippen LogP contribution in [0.15, 0.2) is 0 Å². The Kier molecular flexibility index (Phi) is 10.1. The highest BCUT2D eigenvalue weighted by molar-refractivity contribution is 5.78. The number of carboxylic acids is 1. The van der Waals surface area contributed by atoms with E-state index in [1.807, 2.05) is 18.7 Å². The van der Waals surface area contributed by atoms with Gasteiger partial charge in [0.25, 0.3) is 0 Å². The molecule has 0 radical (unpaired) electrons. The van der Waals surface area contributed by atoms with E-state index < -0.39 is 5.97 Å². The Bertz CT molecular complexity index is 269. The molecule has 0 aliphatic carbocycles. The molecule has 19 heavy (non-hydrogen) atoms. The smallest absolute Gasteiger partial charge is 0.303 e. The molecule has 0 aliphatic heterocycles. The topological polar surface area (TPSA) is 78.9 Å². The van der Waals surface area contributed by atoms with Crippen molar-refractivity contribution in [3.05, 3.63) is 0 Å². The lowest BCUT2D eigenvalue weighted by molar-refractivity contribution is -0.137. The zero-order valence-electron chi connectivity index (χ0n) is 12.1. The molecule has 0 fully saturated rings. The molecular weight excluding hydrogens is 248 g/mol. The van der Waals surface area contributed by atoms with Gasteiger partial charge in [-0.1, -0.05) is 0 Å². The average Bonchev–Trinajstić information content (AvgIpc) is 2.33. The molecule has 0 aliphatic rings. The van der Waals surface area contributed by atoms with Gasteiger partial charge in [0, 0.05) is 32.7 Å². The third kappa shape index (κ3) is 10.5. The van der Waals surface area contributed by atoms with Crippen molar-refractivity contribution in [2.45, 2.75) is 39.2 Å². The van der Waals surface area contributed by atoms with Crippen molar-refractivity contribution < 1.29 is 19.4 Å². The van der Waals surface area contributed by atoms with E-state index in [0.29, 0.717) is 32.7 Å². The predicted molar refractivity (Wildman–Crippen MR) is 73.1 cm³/mol. The van der Waals surface area contributed by atoms with Crippen LogP contribution in [0, 0.1) is 0 Å². The minimum Gasteiger partial charge on any atom is -0.481 e. The molecule has 6 heteroatoms. The number of amides is 1. The number of nitrogens with zero attached hydrogens (tertiary/aromatic N) is 1. The summed E-state index contributed by atoms with van der Waals surface area (Å²) in [6.07, 6.45) is 1.49. The van der Waals surface area contributed by atoms with E-state index in [0.717, 1.165) is 6.42 Å².